The number of aryl methyl sites for hydroxylation is 1. The van der Waals surface area contributed by atoms with Crippen LogP contribution in [0.15, 0.2) is 59.6 Å². The van der Waals surface area contributed by atoms with Crippen LogP contribution in [0.1, 0.15) is 17.5 Å². The van der Waals surface area contributed by atoms with Gasteiger partial charge in [0.2, 0.25) is 0 Å². The molecule has 0 aliphatic rings. The predicted octanol–water partition coefficient (Wildman–Crippen LogP) is 5.07. The molecular formula is C21H23BrClN3O2. The molecule has 0 saturated heterocycles. The largest absolute Gasteiger partial charge is 0.493 e. The third kappa shape index (κ3) is 5.99. The highest BCUT2D eigenvalue weighted by Crippen LogP contribution is 2.34. The van der Waals surface area contributed by atoms with Gasteiger partial charge in [0, 0.05) is 35.0 Å². The second kappa shape index (κ2) is 10.5. The van der Waals surface area contributed by atoms with Crippen molar-refractivity contribution in [1.29, 1.82) is 0 Å². The van der Waals surface area contributed by atoms with Crippen LogP contribution in [0, 0.1) is 0 Å². The first kappa shape index (κ1) is 20.7. The van der Waals surface area contributed by atoms with Gasteiger partial charge in [-0.2, -0.15) is 0 Å². The summed E-state index contributed by atoms with van der Waals surface area (Å²) < 4.78 is 14.5. The van der Waals surface area contributed by atoms with Crippen molar-refractivity contribution < 1.29 is 9.47 Å². The van der Waals surface area contributed by atoms with Gasteiger partial charge in [-0.3, -0.25) is 0 Å². The second-order valence-corrected chi connectivity index (χ2v) is 7.63. The average Bonchev–Trinajstić information content (AvgIpc) is 3.21. The fraction of sp³-hybridized carbons (Fsp3) is 0.286. The quantitative estimate of drug-likeness (QED) is 0.426. The van der Waals surface area contributed by atoms with E-state index in [4.69, 9.17) is 21.1 Å². The molecule has 148 valence electrons. The Hall–Kier alpha value is -2.02. The molecule has 0 fully saturated rings. The maximum absolute atomic E-state index is 6.03. The van der Waals surface area contributed by atoms with E-state index in [1.54, 1.807) is 13.3 Å². The zero-order valence-corrected chi connectivity index (χ0v) is 18.0. The van der Waals surface area contributed by atoms with Crippen molar-refractivity contribution in [1.82, 2.24) is 14.9 Å². The Morgan fingerprint density at radius 2 is 2.11 bits per heavy atom. The number of imidazole rings is 1. The highest BCUT2D eigenvalue weighted by atomic mass is 79.9. The zero-order chi connectivity index (χ0) is 19.8. The number of ether oxygens (including phenoxy) is 2. The molecule has 28 heavy (non-hydrogen) atoms. The van der Waals surface area contributed by atoms with E-state index in [2.05, 4.69) is 30.8 Å². The van der Waals surface area contributed by atoms with Crippen molar-refractivity contribution in [3.05, 3.63) is 75.7 Å². The number of methoxy groups -OCH3 is 1. The van der Waals surface area contributed by atoms with Crippen molar-refractivity contribution in [3.8, 4) is 11.5 Å². The molecule has 0 spiro atoms. The van der Waals surface area contributed by atoms with Gasteiger partial charge in [0.25, 0.3) is 0 Å². The number of benzene rings is 2. The van der Waals surface area contributed by atoms with E-state index in [1.165, 1.54) is 0 Å². The molecular weight excluding hydrogens is 442 g/mol. The summed E-state index contributed by atoms with van der Waals surface area (Å²) >= 11 is 9.67. The number of halogens is 2. The molecule has 0 unspecified atom stereocenters. The summed E-state index contributed by atoms with van der Waals surface area (Å²) in [6.45, 7) is 3.04. The lowest BCUT2D eigenvalue weighted by atomic mass is 10.2. The van der Waals surface area contributed by atoms with Crippen LogP contribution in [0.5, 0.6) is 11.5 Å². The third-order valence-electron chi connectivity index (χ3n) is 4.26. The maximum Gasteiger partial charge on any atom is 0.162 e. The molecule has 0 amide bonds. The predicted molar refractivity (Wildman–Crippen MR) is 115 cm³/mol. The Morgan fingerprint density at radius 1 is 1.21 bits per heavy atom. The monoisotopic (exact) mass is 463 g/mol. The summed E-state index contributed by atoms with van der Waals surface area (Å²) in [6, 6.07) is 11.6. The van der Waals surface area contributed by atoms with Gasteiger partial charge in [-0.05, 0) is 48.4 Å². The van der Waals surface area contributed by atoms with Crippen LogP contribution in [0.4, 0.5) is 0 Å². The number of rotatable bonds is 10. The van der Waals surface area contributed by atoms with Gasteiger partial charge in [-0.25, -0.2) is 4.98 Å². The lowest BCUT2D eigenvalue weighted by Gasteiger charge is -2.15. The van der Waals surface area contributed by atoms with E-state index in [0.29, 0.717) is 23.1 Å². The van der Waals surface area contributed by atoms with Crippen LogP contribution in [0.3, 0.4) is 0 Å². The van der Waals surface area contributed by atoms with E-state index in [9.17, 15) is 0 Å². The molecule has 0 saturated carbocycles. The normalized spacial score (nSPS) is 10.8. The Labute approximate surface area is 178 Å². The first-order valence-electron chi connectivity index (χ1n) is 9.06. The molecule has 0 radical (unpaired) electrons. The average molecular weight is 465 g/mol. The standard InChI is InChI=1S/C21H23BrClN3O2/c1-27-20-11-17(13-24-6-3-8-26-9-7-25-15-26)19(22)12-21(20)28-14-16-4-2-5-18(23)10-16/h2,4-5,7,9-12,15,24H,3,6,8,13-14H2,1H3. The van der Waals surface area contributed by atoms with Crippen LogP contribution >= 0.6 is 27.5 Å². The summed E-state index contributed by atoms with van der Waals surface area (Å²) in [6.07, 6.45) is 6.64. The Kier molecular flexibility index (Phi) is 7.77. The Balaban J connectivity index is 1.54. The number of nitrogens with zero attached hydrogens (tertiary/aromatic N) is 2. The summed E-state index contributed by atoms with van der Waals surface area (Å²) in [5.41, 5.74) is 2.13. The molecule has 7 heteroatoms. The lowest BCUT2D eigenvalue weighted by Crippen LogP contribution is -2.16. The molecule has 3 aromatic rings. The molecule has 3 rings (SSSR count). The molecule has 1 N–H and O–H groups in total. The van der Waals surface area contributed by atoms with E-state index in [1.807, 2.05) is 48.9 Å². The summed E-state index contributed by atoms with van der Waals surface area (Å²) in [4.78, 5) is 4.05. The van der Waals surface area contributed by atoms with Crippen LogP contribution in [-0.2, 0) is 19.7 Å². The first-order chi connectivity index (χ1) is 13.7. The highest BCUT2D eigenvalue weighted by Gasteiger charge is 2.11. The minimum Gasteiger partial charge on any atom is -0.493 e. The van der Waals surface area contributed by atoms with E-state index < -0.39 is 0 Å². The van der Waals surface area contributed by atoms with E-state index in [-0.39, 0.29) is 0 Å². The summed E-state index contributed by atoms with van der Waals surface area (Å²) in [5, 5.41) is 4.16. The topological polar surface area (TPSA) is 48.3 Å². The smallest absolute Gasteiger partial charge is 0.162 e. The van der Waals surface area contributed by atoms with Crippen LogP contribution in [0.25, 0.3) is 0 Å². The van der Waals surface area contributed by atoms with Crippen molar-refractivity contribution in [3.63, 3.8) is 0 Å². The lowest BCUT2D eigenvalue weighted by molar-refractivity contribution is 0.284. The van der Waals surface area contributed by atoms with Crippen LogP contribution < -0.4 is 14.8 Å². The minimum atomic E-state index is 0.426. The Bertz CT molecular complexity index is 887. The molecule has 0 aliphatic carbocycles. The van der Waals surface area contributed by atoms with E-state index >= 15 is 0 Å². The molecule has 1 aromatic heterocycles. The number of hydrogen-bond donors (Lipinski definition) is 1. The SMILES string of the molecule is COc1cc(CNCCCn2ccnc2)c(Br)cc1OCc1cccc(Cl)c1. The molecule has 1 heterocycles. The van der Waals surface area contributed by atoms with Crippen molar-refractivity contribution in [2.24, 2.45) is 0 Å². The molecule has 2 aromatic carbocycles. The number of aromatic nitrogens is 2. The van der Waals surface area contributed by atoms with Crippen molar-refractivity contribution in [2.45, 2.75) is 26.1 Å². The van der Waals surface area contributed by atoms with Gasteiger partial charge >= 0.3 is 0 Å². The van der Waals surface area contributed by atoms with Crippen molar-refractivity contribution >= 4 is 27.5 Å². The second-order valence-electron chi connectivity index (χ2n) is 6.34. The Morgan fingerprint density at radius 3 is 2.86 bits per heavy atom. The maximum atomic E-state index is 6.03. The number of hydrogen-bond acceptors (Lipinski definition) is 4. The fourth-order valence-corrected chi connectivity index (χ4v) is 3.48. The number of nitrogens with one attached hydrogen (secondary N) is 1. The third-order valence-corrected chi connectivity index (χ3v) is 5.23. The van der Waals surface area contributed by atoms with Crippen LogP contribution in [-0.4, -0.2) is 23.2 Å². The molecule has 0 bridgehead atoms. The van der Waals surface area contributed by atoms with Crippen LogP contribution in [0.2, 0.25) is 5.02 Å². The van der Waals surface area contributed by atoms with Gasteiger partial charge in [-0.15, -0.1) is 0 Å². The summed E-state index contributed by atoms with van der Waals surface area (Å²) in [5.74, 6) is 1.40. The first-order valence-corrected chi connectivity index (χ1v) is 10.2. The minimum absolute atomic E-state index is 0.426. The van der Waals surface area contributed by atoms with E-state index in [0.717, 1.165) is 41.7 Å². The van der Waals surface area contributed by atoms with Gasteiger partial charge in [0.15, 0.2) is 11.5 Å². The fourth-order valence-electron chi connectivity index (χ4n) is 2.80. The molecule has 0 atom stereocenters. The highest BCUT2D eigenvalue weighted by molar-refractivity contribution is 9.10. The van der Waals surface area contributed by atoms with Gasteiger partial charge < -0.3 is 19.4 Å². The molecule has 5 nitrogen and oxygen atoms in total. The van der Waals surface area contributed by atoms with Gasteiger partial charge in [0.1, 0.15) is 6.61 Å². The molecule has 0 aliphatic heterocycles. The summed E-state index contributed by atoms with van der Waals surface area (Å²) in [7, 11) is 1.65. The zero-order valence-electron chi connectivity index (χ0n) is 15.7. The van der Waals surface area contributed by atoms with Gasteiger partial charge in [-0.1, -0.05) is 39.7 Å². The van der Waals surface area contributed by atoms with Gasteiger partial charge in [0.05, 0.1) is 13.4 Å². The van der Waals surface area contributed by atoms with Crippen molar-refractivity contribution in [2.75, 3.05) is 13.7 Å².